The Morgan fingerprint density at radius 2 is 1.65 bits per heavy atom. The molecule has 0 aliphatic rings. The van der Waals surface area contributed by atoms with Gasteiger partial charge in [0.15, 0.2) is 5.78 Å². The van der Waals surface area contributed by atoms with Crippen LogP contribution in [0.3, 0.4) is 0 Å². The number of sulfonamides is 1. The molecule has 0 radical (unpaired) electrons. The first-order valence-electron chi connectivity index (χ1n) is 7.20. The highest BCUT2D eigenvalue weighted by atomic mass is 32.2. The van der Waals surface area contributed by atoms with Gasteiger partial charge in [-0.2, -0.15) is 4.31 Å². The van der Waals surface area contributed by atoms with Crippen LogP contribution in [-0.4, -0.2) is 32.1 Å². The molecule has 2 aromatic rings. The summed E-state index contributed by atoms with van der Waals surface area (Å²) in [6, 6.07) is 15.7. The number of hydrogen-bond donors (Lipinski definition) is 0. The summed E-state index contributed by atoms with van der Waals surface area (Å²) in [6.07, 6.45) is 3.68. The fraction of sp³-hybridized carbons (Fsp3) is 0.167. The fourth-order valence-corrected chi connectivity index (χ4v) is 3.16. The van der Waals surface area contributed by atoms with Gasteiger partial charge in [-0.05, 0) is 24.6 Å². The predicted octanol–water partition coefficient (Wildman–Crippen LogP) is 3.22. The van der Waals surface area contributed by atoms with E-state index in [0.717, 1.165) is 5.56 Å². The van der Waals surface area contributed by atoms with E-state index < -0.39 is 10.0 Å². The second kappa shape index (κ2) is 7.35. The third-order valence-electron chi connectivity index (χ3n) is 3.44. The maximum Gasteiger partial charge on any atom is 0.243 e. The van der Waals surface area contributed by atoms with Crippen molar-refractivity contribution in [1.29, 1.82) is 0 Å². The minimum absolute atomic E-state index is 0.0897. The highest BCUT2D eigenvalue weighted by Crippen LogP contribution is 2.15. The number of rotatable bonds is 6. The molecule has 2 aromatic carbocycles. The lowest BCUT2D eigenvalue weighted by Crippen LogP contribution is -2.27. The first-order chi connectivity index (χ1) is 10.9. The summed E-state index contributed by atoms with van der Waals surface area (Å²) in [5.41, 5.74) is 1.51. The Balaban J connectivity index is 2.09. The van der Waals surface area contributed by atoms with Crippen molar-refractivity contribution in [3.8, 4) is 0 Å². The lowest BCUT2D eigenvalue weighted by molar-refractivity contribution is 0.101. The van der Waals surface area contributed by atoms with E-state index in [4.69, 9.17) is 0 Å². The van der Waals surface area contributed by atoms with Gasteiger partial charge in [0.1, 0.15) is 0 Å². The van der Waals surface area contributed by atoms with Gasteiger partial charge in [-0.1, -0.05) is 54.6 Å². The Morgan fingerprint density at radius 3 is 2.22 bits per heavy atom. The molecule has 0 saturated carbocycles. The molecule has 0 aliphatic heterocycles. The molecule has 0 amide bonds. The number of likely N-dealkylation sites (N-methyl/N-ethyl adjacent to an activating group) is 1. The van der Waals surface area contributed by atoms with Crippen LogP contribution in [0.1, 0.15) is 22.8 Å². The highest BCUT2D eigenvalue weighted by Gasteiger charge is 2.19. The van der Waals surface area contributed by atoms with E-state index in [1.165, 1.54) is 42.5 Å². The summed E-state index contributed by atoms with van der Waals surface area (Å²) in [4.78, 5) is 11.4. The molecular formula is C18H19NO3S. The predicted molar refractivity (Wildman–Crippen MR) is 91.7 cm³/mol. The van der Waals surface area contributed by atoms with E-state index in [1.54, 1.807) is 6.08 Å². The van der Waals surface area contributed by atoms with Crippen molar-refractivity contribution < 1.29 is 13.2 Å². The normalized spacial score (nSPS) is 12.0. The van der Waals surface area contributed by atoms with Crippen molar-refractivity contribution in [2.24, 2.45) is 0 Å². The number of Topliss-reactive ketones (excluding diaryl/α,β-unsaturated/α-hetero) is 1. The van der Waals surface area contributed by atoms with Crippen molar-refractivity contribution in [2.75, 3.05) is 13.6 Å². The Labute approximate surface area is 137 Å². The molecule has 2 rings (SSSR count). The standard InChI is InChI=1S/C18H19NO3S/c1-15(20)17-10-12-18(13-11-17)23(21,22)19(2)14-6-9-16-7-4-3-5-8-16/h3-13H,14H2,1-2H3/b9-6+. The number of nitrogens with zero attached hydrogens (tertiary/aromatic N) is 1. The SMILES string of the molecule is CC(=O)c1ccc(S(=O)(=O)N(C)C/C=C/c2ccccc2)cc1. The van der Waals surface area contributed by atoms with Crippen molar-refractivity contribution in [1.82, 2.24) is 4.31 Å². The minimum Gasteiger partial charge on any atom is -0.295 e. The van der Waals surface area contributed by atoms with E-state index in [0.29, 0.717) is 5.56 Å². The molecule has 0 fully saturated rings. The lowest BCUT2D eigenvalue weighted by atomic mass is 10.2. The van der Waals surface area contributed by atoms with Crippen LogP contribution >= 0.6 is 0 Å². The fourth-order valence-electron chi connectivity index (χ4n) is 2.04. The van der Waals surface area contributed by atoms with Crippen LogP contribution in [0.2, 0.25) is 0 Å². The topological polar surface area (TPSA) is 54.5 Å². The average Bonchev–Trinajstić information content (AvgIpc) is 2.55. The van der Waals surface area contributed by atoms with Gasteiger partial charge in [0.25, 0.3) is 0 Å². The van der Waals surface area contributed by atoms with Gasteiger partial charge < -0.3 is 0 Å². The zero-order valence-electron chi connectivity index (χ0n) is 13.1. The molecule has 4 nitrogen and oxygen atoms in total. The summed E-state index contributed by atoms with van der Waals surface area (Å²) in [6.45, 7) is 1.72. The van der Waals surface area contributed by atoms with E-state index in [-0.39, 0.29) is 17.2 Å². The number of carbonyl (C=O) groups is 1. The van der Waals surface area contributed by atoms with Crippen LogP contribution in [0.5, 0.6) is 0 Å². The van der Waals surface area contributed by atoms with Gasteiger partial charge in [-0.15, -0.1) is 0 Å². The van der Waals surface area contributed by atoms with Gasteiger partial charge >= 0.3 is 0 Å². The maximum atomic E-state index is 12.5. The molecule has 0 heterocycles. The van der Waals surface area contributed by atoms with Crippen LogP contribution in [-0.2, 0) is 10.0 Å². The number of benzene rings is 2. The highest BCUT2D eigenvalue weighted by molar-refractivity contribution is 7.89. The Hall–Kier alpha value is -2.24. The lowest BCUT2D eigenvalue weighted by Gasteiger charge is -2.15. The summed E-state index contributed by atoms with van der Waals surface area (Å²) >= 11 is 0. The molecular weight excluding hydrogens is 310 g/mol. The van der Waals surface area contributed by atoms with Crippen molar-refractivity contribution in [3.63, 3.8) is 0 Å². The molecule has 0 saturated heterocycles. The van der Waals surface area contributed by atoms with Crippen molar-refractivity contribution in [3.05, 3.63) is 71.8 Å². The average molecular weight is 329 g/mol. The second-order valence-corrected chi connectivity index (χ2v) is 7.22. The van der Waals surface area contributed by atoms with Crippen LogP contribution in [0.4, 0.5) is 0 Å². The molecule has 0 spiro atoms. The van der Waals surface area contributed by atoms with Gasteiger partial charge in [0.05, 0.1) is 4.90 Å². The van der Waals surface area contributed by atoms with E-state index in [1.807, 2.05) is 36.4 Å². The van der Waals surface area contributed by atoms with Gasteiger partial charge in [0, 0.05) is 19.2 Å². The zero-order chi connectivity index (χ0) is 16.9. The summed E-state index contributed by atoms with van der Waals surface area (Å²) in [7, 11) is -2.03. The van der Waals surface area contributed by atoms with Gasteiger partial charge in [-0.25, -0.2) is 8.42 Å². The van der Waals surface area contributed by atoms with Crippen molar-refractivity contribution >= 4 is 21.9 Å². The Bertz CT molecular complexity index is 794. The van der Waals surface area contributed by atoms with E-state index >= 15 is 0 Å². The largest absolute Gasteiger partial charge is 0.295 e. The summed E-state index contributed by atoms with van der Waals surface area (Å²) in [5, 5.41) is 0. The third-order valence-corrected chi connectivity index (χ3v) is 5.28. The number of hydrogen-bond acceptors (Lipinski definition) is 3. The van der Waals surface area contributed by atoms with Gasteiger partial charge in [0.2, 0.25) is 10.0 Å². The first kappa shape index (κ1) is 17.1. The van der Waals surface area contributed by atoms with Crippen molar-refractivity contribution in [2.45, 2.75) is 11.8 Å². The Morgan fingerprint density at radius 1 is 1.04 bits per heavy atom. The molecule has 0 bridgehead atoms. The maximum absolute atomic E-state index is 12.5. The third kappa shape index (κ3) is 4.37. The Kier molecular flexibility index (Phi) is 5.47. The first-order valence-corrected chi connectivity index (χ1v) is 8.64. The van der Waals surface area contributed by atoms with E-state index in [2.05, 4.69) is 0 Å². The molecule has 5 heteroatoms. The second-order valence-electron chi connectivity index (χ2n) is 5.18. The van der Waals surface area contributed by atoms with Crippen LogP contribution < -0.4 is 0 Å². The van der Waals surface area contributed by atoms with Gasteiger partial charge in [-0.3, -0.25) is 4.79 Å². The number of ketones is 1. The van der Waals surface area contributed by atoms with Crippen LogP contribution in [0, 0.1) is 0 Å². The van der Waals surface area contributed by atoms with E-state index in [9.17, 15) is 13.2 Å². The van der Waals surface area contributed by atoms with Crippen LogP contribution in [0.25, 0.3) is 6.08 Å². The zero-order valence-corrected chi connectivity index (χ0v) is 14.0. The quantitative estimate of drug-likeness (QED) is 0.765. The molecule has 0 unspecified atom stereocenters. The molecule has 0 aromatic heterocycles. The molecule has 120 valence electrons. The number of carbonyl (C=O) groups excluding carboxylic acids is 1. The summed E-state index contributed by atoms with van der Waals surface area (Å²) < 4.78 is 26.2. The molecule has 0 atom stereocenters. The minimum atomic E-state index is -3.57. The smallest absolute Gasteiger partial charge is 0.243 e. The summed E-state index contributed by atoms with van der Waals surface area (Å²) in [5.74, 6) is -0.0897. The monoisotopic (exact) mass is 329 g/mol. The van der Waals surface area contributed by atoms with Crippen LogP contribution in [0.15, 0.2) is 65.6 Å². The molecule has 23 heavy (non-hydrogen) atoms. The molecule has 0 aliphatic carbocycles. The molecule has 0 N–H and O–H groups in total.